The zero-order chi connectivity index (χ0) is 42.9. The molecule has 0 unspecified atom stereocenters. The Morgan fingerprint density at radius 3 is 1.08 bits per heavy atom. The predicted molar refractivity (Wildman–Crippen MR) is 273 cm³/mol. The zero-order valence-corrected chi connectivity index (χ0v) is 36.6. The van der Waals surface area contributed by atoms with E-state index in [0.29, 0.717) is 0 Å². The van der Waals surface area contributed by atoms with Gasteiger partial charge in [-0.25, -0.2) is 0 Å². The Morgan fingerprint density at radius 1 is 0.219 bits per heavy atom. The van der Waals surface area contributed by atoms with Gasteiger partial charge in [0, 0.05) is 10.8 Å². The number of hydrogen-bond acceptors (Lipinski definition) is 0. The van der Waals surface area contributed by atoms with E-state index in [0.717, 1.165) is 0 Å². The Kier molecular flexibility index (Phi) is 7.80. The minimum atomic E-state index is -0.119. The molecule has 0 aliphatic heterocycles. The lowest BCUT2D eigenvalue weighted by atomic mass is 9.79. The molecule has 0 bridgehead atoms. The van der Waals surface area contributed by atoms with E-state index in [-0.39, 0.29) is 10.8 Å². The second-order valence-electron chi connectivity index (χ2n) is 19.1. The first-order valence-electron chi connectivity index (χ1n) is 22.8. The maximum absolute atomic E-state index is 2.51. The van der Waals surface area contributed by atoms with Crippen molar-refractivity contribution in [3.8, 4) is 66.8 Å². The van der Waals surface area contributed by atoms with E-state index < -0.39 is 0 Å². The molecule has 0 heteroatoms. The maximum atomic E-state index is 2.51. The van der Waals surface area contributed by atoms with Crippen LogP contribution in [0.3, 0.4) is 0 Å². The number of fused-ring (bicyclic) bond motifs is 10. The van der Waals surface area contributed by atoms with Gasteiger partial charge >= 0.3 is 0 Å². The van der Waals surface area contributed by atoms with Crippen LogP contribution in [-0.2, 0) is 10.8 Å². The molecule has 0 heterocycles. The highest BCUT2D eigenvalue weighted by Crippen LogP contribution is 2.54. The van der Waals surface area contributed by atoms with Crippen LogP contribution < -0.4 is 0 Å². The van der Waals surface area contributed by atoms with Crippen LogP contribution in [0.5, 0.6) is 0 Å². The van der Waals surface area contributed by atoms with Crippen LogP contribution in [0.15, 0.2) is 206 Å². The van der Waals surface area contributed by atoms with Gasteiger partial charge in [0.05, 0.1) is 0 Å². The van der Waals surface area contributed by atoms with Crippen molar-refractivity contribution in [2.45, 2.75) is 38.5 Å². The first kappa shape index (κ1) is 37.1. The van der Waals surface area contributed by atoms with Crippen molar-refractivity contribution in [3.63, 3.8) is 0 Å². The molecule has 64 heavy (non-hydrogen) atoms. The smallest absolute Gasteiger partial charge is 0.0159 e. The minimum absolute atomic E-state index is 0.0872. The van der Waals surface area contributed by atoms with Gasteiger partial charge in [0.1, 0.15) is 0 Å². The minimum Gasteiger partial charge on any atom is -0.0622 e. The van der Waals surface area contributed by atoms with Crippen LogP contribution in [0.4, 0.5) is 0 Å². The average molecular weight is 815 g/mol. The van der Waals surface area contributed by atoms with E-state index in [2.05, 4.69) is 234 Å². The highest BCUT2D eigenvalue weighted by molar-refractivity contribution is 6.30. The van der Waals surface area contributed by atoms with Gasteiger partial charge in [-0.2, -0.15) is 0 Å². The van der Waals surface area contributed by atoms with E-state index in [1.54, 1.807) is 0 Å². The van der Waals surface area contributed by atoms with Crippen molar-refractivity contribution < 1.29 is 0 Å². The van der Waals surface area contributed by atoms with E-state index >= 15 is 0 Å². The lowest BCUT2D eigenvalue weighted by Gasteiger charge is -2.24. The van der Waals surface area contributed by atoms with Gasteiger partial charge in [0.25, 0.3) is 0 Å². The summed E-state index contributed by atoms with van der Waals surface area (Å²) in [4.78, 5) is 0. The van der Waals surface area contributed by atoms with E-state index in [9.17, 15) is 0 Å². The summed E-state index contributed by atoms with van der Waals surface area (Å²) in [6, 6.07) is 78.0. The molecule has 302 valence electrons. The van der Waals surface area contributed by atoms with Gasteiger partial charge in [0.2, 0.25) is 0 Å². The zero-order valence-electron chi connectivity index (χ0n) is 36.6. The normalized spacial score (nSPS) is 14.2. The molecule has 11 aromatic carbocycles. The van der Waals surface area contributed by atoms with Crippen LogP contribution in [-0.4, -0.2) is 0 Å². The van der Waals surface area contributed by atoms with Gasteiger partial charge < -0.3 is 0 Å². The Bertz CT molecular complexity index is 3710. The molecule has 0 spiro atoms. The monoisotopic (exact) mass is 814 g/mol. The molecular weight excluding hydrogens is 769 g/mol. The molecule has 13 rings (SSSR count). The molecule has 2 aliphatic rings. The van der Waals surface area contributed by atoms with Crippen molar-refractivity contribution >= 4 is 43.1 Å². The maximum Gasteiger partial charge on any atom is 0.0159 e. The van der Waals surface area contributed by atoms with Gasteiger partial charge in [-0.05, 0) is 150 Å². The summed E-state index contributed by atoms with van der Waals surface area (Å²) in [6.07, 6.45) is 0. The highest BCUT2D eigenvalue weighted by atomic mass is 14.4. The Labute approximate surface area is 375 Å². The van der Waals surface area contributed by atoms with E-state index in [1.807, 2.05) is 0 Å². The third-order valence-corrected chi connectivity index (χ3v) is 15.1. The summed E-state index contributed by atoms with van der Waals surface area (Å²) in [7, 11) is 0. The number of benzene rings is 11. The van der Waals surface area contributed by atoms with Crippen LogP contribution >= 0.6 is 0 Å². The van der Waals surface area contributed by atoms with Crippen molar-refractivity contribution in [2.24, 2.45) is 0 Å². The van der Waals surface area contributed by atoms with Crippen molar-refractivity contribution in [1.82, 2.24) is 0 Å². The third-order valence-electron chi connectivity index (χ3n) is 15.1. The molecule has 0 nitrogen and oxygen atoms in total. The third kappa shape index (κ3) is 5.11. The van der Waals surface area contributed by atoms with E-state index in [4.69, 9.17) is 0 Å². The molecule has 0 saturated heterocycles. The average Bonchev–Trinajstić information content (AvgIpc) is 3.71. The largest absolute Gasteiger partial charge is 0.0622 e. The summed E-state index contributed by atoms with van der Waals surface area (Å²) in [5.41, 5.74) is 20.9. The SMILES string of the molecule is CC1(C)c2ccccc2-c2ccc(-c3ccc4c(-c5c6ccccc6c(-c6ccccc6)c6ccccc56)c5ccccc5c(-c5ccc6c(c5)C(C)(C)c5ccccc5-6)c4c3)cc21. The Hall–Kier alpha value is -7.54. The molecule has 0 N–H and O–H groups in total. The van der Waals surface area contributed by atoms with Gasteiger partial charge in [-0.3, -0.25) is 0 Å². The van der Waals surface area contributed by atoms with E-state index in [1.165, 1.54) is 132 Å². The first-order chi connectivity index (χ1) is 31.3. The molecule has 0 atom stereocenters. The fraction of sp³-hybridized carbons (Fsp3) is 0.0938. The first-order valence-corrected chi connectivity index (χ1v) is 22.8. The molecule has 0 aromatic heterocycles. The van der Waals surface area contributed by atoms with Gasteiger partial charge in [-0.1, -0.05) is 216 Å². The molecule has 2 aliphatic carbocycles. The fourth-order valence-electron chi connectivity index (χ4n) is 12.0. The Balaban J connectivity index is 1.14. The summed E-state index contributed by atoms with van der Waals surface area (Å²) >= 11 is 0. The predicted octanol–water partition coefficient (Wildman–Crippen LogP) is 17.6. The molecule has 0 radical (unpaired) electrons. The standard InChI is InChI=1S/C64H46/c1-63(2)55-28-16-14-20-43(55)45-33-30-41(37-57(45)63)40-31-35-53-54(36-40)60(42-32-34-46-44-21-15-17-29-56(44)64(3,4)58(46)38-42)49-24-10-13-27-52(49)62(53)61-50-25-11-8-22-47(50)59(39-18-6-5-7-19-39)48-23-9-12-26-51(48)61/h5-38H,1-4H3. The van der Waals surface area contributed by atoms with Gasteiger partial charge in [-0.15, -0.1) is 0 Å². The van der Waals surface area contributed by atoms with Crippen molar-refractivity contribution in [3.05, 3.63) is 229 Å². The summed E-state index contributed by atoms with van der Waals surface area (Å²) in [5.74, 6) is 0. The lowest BCUT2D eigenvalue weighted by Crippen LogP contribution is -2.15. The fourth-order valence-corrected chi connectivity index (χ4v) is 12.0. The molecule has 0 amide bonds. The molecular formula is C64H46. The molecule has 11 aromatic rings. The van der Waals surface area contributed by atoms with Crippen LogP contribution in [0.1, 0.15) is 49.9 Å². The second kappa shape index (κ2) is 13.5. The Morgan fingerprint density at radius 2 is 0.562 bits per heavy atom. The summed E-state index contributed by atoms with van der Waals surface area (Å²) < 4.78 is 0. The second-order valence-corrected chi connectivity index (χ2v) is 19.1. The van der Waals surface area contributed by atoms with Crippen molar-refractivity contribution in [1.29, 1.82) is 0 Å². The van der Waals surface area contributed by atoms with Crippen molar-refractivity contribution in [2.75, 3.05) is 0 Å². The number of rotatable bonds is 4. The topological polar surface area (TPSA) is 0 Å². The van der Waals surface area contributed by atoms with Crippen LogP contribution in [0, 0.1) is 0 Å². The highest BCUT2D eigenvalue weighted by Gasteiger charge is 2.37. The number of hydrogen-bond donors (Lipinski definition) is 0. The lowest BCUT2D eigenvalue weighted by molar-refractivity contribution is 0.660. The molecule has 0 saturated carbocycles. The van der Waals surface area contributed by atoms with Gasteiger partial charge in [0.15, 0.2) is 0 Å². The molecule has 0 fully saturated rings. The van der Waals surface area contributed by atoms with Crippen LogP contribution in [0.25, 0.3) is 110 Å². The van der Waals surface area contributed by atoms with Crippen LogP contribution in [0.2, 0.25) is 0 Å². The quantitative estimate of drug-likeness (QED) is 0.155. The summed E-state index contributed by atoms with van der Waals surface area (Å²) in [6.45, 7) is 9.54. The summed E-state index contributed by atoms with van der Waals surface area (Å²) in [5, 5.41) is 10.1.